The number of rotatable bonds is 11. The molecular formula is C22H36N2O3. The first-order valence-electron chi connectivity index (χ1n) is 10.4. The number of hydrogen-bond donors (Lipinski definition) is 0. The van der Waals surface area contributed by atoms with Crippen molar-refractivity contribution in [1.82, 2.24) is 9.80 Å². The maximum Gasteiger partial charge on any atom is 0.226 e. The lowest BCUT2D eigenvalue weighted by Gasteiger charge is -2.32. The maximum absolute atomic E-state index is 13.3. The fourth-order valence-corrected chi connectivity index (χ4v) is 3.60. The van der Waals surface area contributed by atoms with Crippen LogP contribution in [0.15, 0.2) is 24.3 Å². The molecule has 1 fully saturated rings. The van der Waals surface area contributed by atoms with Crippen LogP contribution in [0.3, 0.4) is 0 Å². The van der Waals surface area contributed by atoms with Gasteiger partial charge >= 0.3 is 0 Å². The first kappa shape index (κ1) is 21.7. The fourth-order valence-electron chi connectivity index (χ4n) is 3.60. The Kier molecular flexibility index (Phi) is 9.64. The van der Waals surface area contributed by atoms with E-state index in [1.54, 1.807) is 7.11 Å². The monoisotopic (exact) mass is 376 g/mol. The Morgan fingerprint density at radius 1 is 1.26 bits per heavy atom. The number of para-hydroxylation sites is 1. The SMILES string of the molecule is CCCCC(CC)C(=O)N(CCN1CCOCC1)Cc1ccccc1OC. The predicted octanol–water partition coefficient (Wildman–Crippen LogP) is 3.57. The Morgan fingerprint density at radius 3 is 2.67 bits per heavy atom. The Hall–Kier alpha value is -1.59. The van der Waals surface area contributed by atoms with E-state index in [4.69, 9.17) is 9.47 Å². The van der Waals surface area contributed by atoms with E-state index in [0.717, 1.165) is 76.4 Å². The third kappa shape index (κ3) is 6.82. The first-order valence-corrected chi connectivity index (χ1v) is 10.4. The molecule has 152 valence electrons. The van der Waals surface area contributed by atoms with Crippen LogP contribution >= 0.6 is 0 Å². The van der Waals surface area contributed by atoms with E-state index in [0.29, 0.717) is 6.54 Å². The second kappa shape index (κ2) is 12.0. The van der Waals surface area contributed by atoms with Crippen LogP contribution < -0.4 is 4.74 Å². The van der Waals surface area contributed by atoms with Gasteiger partial charge in [0.2, 0.25) is 5.91 Å². The van der Waals surface area contributed by atoms with Crippen molar-refractivity contribution in [3.8, 4) is 5.75 Å². The van der Waals surface area contributed by atoms with Crippen molar-refractivity contribution in [2.45, 2.75) is 46.1 Å². The van der Waals surface area contributed by atoms with Crippen LogP contribution in [0.5, 0.6) is 5.75 Å². The van der Waals surface area contributed by atoms with E-state index < -0.39 is 0 Å². The van der Waals surface area contributed by atoms with E-state index in [-0.39, 0.29) is 11.8 Å². The highest BCUT2D eigenvalue weighted by Crippen LogP contribution is 2.22. The van der Waals surface area contributed by atoms with E-state index in [9.17, 15) is 4.79 Å². The number of carbonyl (C=O) groups excluding carboxylic acids is 1. The molecule has 1 aliphatic rings. The molecule has 1 amide bonds. The molecule has 0 bridgehead atoms. The van der Waals surface area contributed by atoms with Crippen molar-refractivity contribution in [1.29, 1.82) is 0 Å². The minimum atomic E-state index is 0.115. The summed E-state index contributed by atoms with van der Waals surface area (Å²) >= 11 is 0. The topological polar surface area (TPSA) is 42.0 Å². The molecule has 1 aliphatic heterocycles. The van der Waals surface area contributed by atoms with E-state index >= 15 is 0 Å². The number of amides is 1. The summed E-state index contributed by atoms with van der Waals surface area (Å²) in [5.74, 6) is 1.25. The molecule has 5 heteroatoms. The molecule has 1 saturated heterocycles. The van der Waals surface area contributed by atoms with Gasteiger partial charge in [-0.15, -0.1) is 0 Å². The van der Waals surface area contributed by atoms with Crippen molar-refractivity contribution in [2.24, 2.45) is 5.92 Å². The third-order valence-electron chi connectivity index (χ3n) is 5.40. The van der Waals surface area contributed by atoms with Crippen LogP contribution in [0, 0.1) is 5.92 Å². The zero-order valence-electron chi connectivity index (χ0n) is 17.3. The molecule has 0 saturated carbocycles. The number of unbranched alkanes of at least 4 members (excludes halogenated alkanes) is 1. The number of hydrogen-bond acceptors (Lipinski definition) is 4. The van der Waals surface area contributed by atoms with Crippen LogP contribution in [0.1, 0.15) is 45.1 Å². The Morgan fingerprint density at radius 2 is 2.00 bits per heavy atom. The molecule has 0 aliphatic carbocycles. The molecule has 1 aromatic carbocycles. The van der Waals surface area contributed by atoms with Crippen molar-refractivity contribution in [3.63, 3.8) is 0 Å². The molecule has 1 atom stereocenters. The molecule has 0 radical (unpaired) electrons. The number of morpholine rings is 1. The highest BCUT2D eigenvalue weighted by atomic mass is 16.5. The van der Waals surface area contributed by atoms with Gasteiger partial charge in [-0.3, -0.25) is 9.69 Å². The van der Waals surface area contributed by atoms with Crippen LogP contribution in [0.25, 0.3) is 0 Å². The van der Waals surface area contributed by atoms with Gasteiger partial charge < -0.3 is 14.4 Å². The quantitative estimate of drug-likeness (QED) is 0.592. The molecule has 5 nitrogen and oxygen atoms in total. The number of nitrogens with zero attached hydrogens (tertiary/aromatic N) is 2. The highest BCUT2D eigenvalue weighted by Gasteiger charge is 2.24. The molecule has 1 unspecified atom stereocenters. The molecular weight excluding hydrogens is 340 g/mol. The standard InChI is InChI=1S/C22H36N2O3/c1-4-6-9-19(5-2)22(25)24(13-12-23-14-16-27-17-15-23)18-20-10-7-8-11-21(20)26-3/h7-8,10-11,19H,4-6,9,12-18H2,1-3H3. The summed E-state index contributed by atoms with van der Waals surface area (Å²) in [7, 11) is 1.69. The summed E-state index contributed by atoms with van der Waals surface area (Å²) in [5.41, 5.74) is 1.07. The number of carbonyl (C=O) groups is 1. The van der Waals surface area contributed by atoms with Crippen molar-refractivity contribution >= 4 is 5.91 Å². The van der Waals surface area contributed by atoms with Gasteiger partial charge in [-0.25, -0.2) is 0 Å². The minimum absolute atomic E-state index is 0.115. The molecule has 0 aromatic heterocycles. The number of methoxy groups -OCH3 is 1. The van der Waals surface area contributed by atoms with Gasteiger partial charge in [-0.1, -0.05) is 44.9 Å². The molecule has 1 heterocycles. The van der Waals surface area contributed by atoms with Crippen molar-refractivity contribution in [3.05, 3.63) is 29.8 Å². The molecule has 27 heavy (non-hydrogen) atoms. The highest BCUT2D eigenvalue weighted by molar-refractivity contribution is 5.78. The average Bonchev–Trinajstić information content (AvgIpc) is 2.72. The third-order valence-corrected chi connectivity index (χ3v) is 5.40. The zero-order valence-corrected chi connectivity index (χ0v) is 17.3. The van der Waals surface area contributed by atoms with Crippen LogP contribution in [0.4, 0.5) is 0 Å². The van der Waals surface area contributed by atoms with Gasteiger partial charge in [-0.2, -0.15) is 0 Å². The van der Waals surface area contributed by atoms with Crippen molar-refractivity contribution < 1.29 is 14.3 Å². The second-order valence-corrected chi connectivity index (χ2v) is 7.27. The van der Waals surface area contributed by atoms with Gasteiger partial charge in [0.25, 0.3) is 0 Å². The number of benzene rings is 1. The van der Waals surface area contributed by atoms with Crippen LogP contribution in [0.2, 0.25) is 0 Å². The van der Waals surface area contributed by atoms with Gasteiger partial charge in [0.05, 0.1) is 20.3 Å². The summed E-state index contributed by atoms with van der Waals surface area (Å²) in [6.07, 6.45) is 4.12. The van der Waals surface area contributed by atoms with Crippen LogP contribution in [-0.2, 0) is 16.1 Å². The average molecular weight is 377 g/mol. The lowest BCUT2D eigenvalue weighted by atomic mass is 9.97. The van der Waals surface area contributed by atoms with Crippen LogP contribution in [-0.4, -0.2) is 62.2 Å². The molecule has 1 aromatic rings. The number of ether oxygens (including phenoxy) is 2. The zero-order chi connectivity index (χ0) is 19.5. The molecule has 0 N–H and O–H groups in total. The predicted molar refractivity (Wildman–Crippen MR) is 109 cm³/mol. The smallest absolute Gasteiger partial charge is 0.226 e. The normalized spacial score (nSPS) is 16.1. The largest absolute Gasteiger partial charge is 0.496 e. The second-order valence-electron chi connectivity index (χ2n) is 7.27. The summed E-state index contributed by atoms with van der Waals surface area (Å²) in [6.45, 7) is 10.0. The lowest BCUT2D eigenvalue weighted by Crippen LogP contribution is -2.44. The van der Waals surface area contributed by atoms with E-state index in [1.807, 2.05) is 23.1 Å². The summed E-state index contributed by atoms with van der Waals surface area (Å²) < 4.78 is 10.9. The lowest BCUT2D eigenvalue weighted by molar-refractivity contribution is -0.137. The van der Waals surface area contributed by atoms with Gasteiger partial charge in [-0.05, 0) is 18.9 Å². The Labute approximate surface area is 164 Å². The van der Waals surface area contributed by atoms with Gasteiger partial charge in [0.1, 0.15) is 5.75 Å². The Balaban J connectivity index is 2.09. The minimum Gasteiger partial charge on any atom is -0.496 e. The van der Waals surface area contributed by atoms with Gasteiger partial charge in [0, 0.05) is 44.2 Å². The Bertz CT molecular complexity index is 558. The molecule has 0 spiro atoms. The summed E-state index contributed by atoms with van der Waals surface area (Å²) in [6, 6.07) is 8.00. The van der Waals surface area contributed by atoms with E-state index in [1.165, 1.54) is 0 Å². The first-order chi connectivity index (χ1) is 13.2. The summed E-state index contributed by atoms with van der Waals surface area (Å²) in [4.78, 5) is 17.7. The van der Waals surface area contributed by atoms with E-state index in [2.05, 4.69) is 24.8 Å². The van der Waals surface area contributed by atoms with Crippen molar-refractivity contribution in [2.75, 3.05) is 46.5 Å². The fraction of sp³-hybridized carbons (Fsp3) is 0.682. The molecule has 2 rings (SSSR count). The summed E-state index contributed by atoms with van der Waals surface area (Å²) in [5, 5.41) is 0. The maximum atomic E-state index is 13.3. The van der Waals surface area contributed by atoms with Gasteiger partial charge in [0.15, 0.2) is 0 Å².